The van der Waals surface area contributed by atoms with Crippen LogP contribution in [0.3, 0.4) is 0 Å². The molecule has 32 heavy (non-hydrogen) atoms. The summed E-state index contributed by atoms with van der Waals surface area (Å²) in [5.41, 5.74) is 3.13. The van der Waals surface area contributed by atoms with Crippen LogP contribution in [-0.2, 0) is 14.3 Å². The molecule has 0 aliphatic heterocycles. The fourth-order valence-electron chi connectivity index (χ4n) is 3.10. The summed E-state index contributed by atoms with van der Waals surface area (Å²) >= 11 is 5.80. The van der Waals surface area contributed by atoms with Gasteiger partial charge < -0.3 is 15.0 Å². The SMILES string of the molecule is Cc1cc(C)cc(N(CCC#N)C(=O)COC(=O)CCCNC(=O)c2ccc(Cl)cc2)c1. The van der Waals surface area contributed by atoms with Gasteiger partial charge in [0, 0.05) is 35.8 Å². The average Bonchev–Trinajstić information content (AvgIpc) is 2.75. The van der Waals surface area contributed by atoms with Gasteiger partial charge in [-0.3, -0.25) is 14.4 Å². The summed E-state index contributed by atoms with van der Waals surface area (Å²) in [6, 6.07) is 14.2. The van der Waals surface area contributed by atoms with Gasteiger partial charge in [0.25, 0.3) is 11.8 Å². The summed E-state index contributed by atoms with van der Waals surface area (Å²) in [4.78, 5) is 38.1. The largest absolute Gasteiger partial charge is 0.456 e. The van der Waals surface area contributed by atoms with Crippen LogP contribution >= 0.6 is 11.6 Å². The minimum Gasteiger partial charge on any atom is -0.456 e. The van der Waals surface area contributed by atoms with E-state index in [9.17, 15) is 14.4 Å². The van der Waals surface area contributed by atoms with Gasteiger partial charge in [0.2, 0.25) is 0 Å². The van der Waals surface area contributed by atoms with Crippen molar-refractivity contribution in [3.05, 3.63) is 64.2 Å². The molecular formula is C24H26ClN3O4. The molecule has 7 nitrogen and oxygen atoms in total. The summed E-state index contributed by atoms with van der Waals surface area (Å²) in [5.74, 6) is -1.18. The number of rotatable bonds is 10. The van der Waals surface area contributed by atoms with Crippen molar-refractivity contribution < 1.29 is 19.1 Å². The monoisotopic (exact) mass is 455 g/mol. The number of nitrogens with zero attached hydrogens (tertiary/aromatic N) is 2. The third kappa shape index (κ3) is 8.05. The predicted octanol–water partition coefficient (Wildman–Crippen LogP) is 3.96. The molecule has 0 radical (unpaired) electrons. The Morgan fingerprint density at radius 3 is 2.38 bits per heavy atom. The highest BCUT2D eigenvalue weighted by molar-refractivity contribution is 6.30. The second kappa shape index (κ2) is 12.5. The van der Waals surface area contributed by atoms with Crippen LogP contribution < -0.4 is 10.2 Å². The van der Waals surface area contributed by atoms with E-state index >= 15 is 0 Å². The first kappa shape index (κ1) is 24.9. The van der Waals surface area contributed by atoms with Crippen LogP contribution in [0.5, 0.6) is 0 Å². The summed E-state index contributed by atoms with van der Waals surface area (Å²) in [6.45, 7) is 3.95. The molecule has 0 spiro atoms. The number of carbonyl (C=O) groups excluding carboxylic acids is 3. The molecule has 0 unspecified atom stereocenters. The van der Waals surface area contributed by atoms with Gasteiger partial charge in [-0.1, -0.05) is 17.7 Å². The average molecular weight is 456 g/mol. The van der Waals surface area contributed by atoms with Crippen molar-refractivity contribution in [2.45, 2.75) is 33.1 Å². The number of carbonyl (C=O) groups is 3. The highest BCUT2D eigenvalue weighted by Crippen LogP contribution is 2.19. The van der Waals surface area contributed by atoms with E-state index < -0.39 is 18.5 Å². The quantitative estimate of drug-likeness (QED) is 0.431. The number of benzene rings is 2. The van der Waals surface area contributed by atoms with Crippen LogP contribution in [0.15, 0.2) is 42.5 Å². The molecule has 0 saturated carbocycles. The molecule has 0 aromatic heterocycles. The zero-order valence-electron chi connectivity index (χ0n) is 18.2. The number of anilines is 1. The summed E-state index contributed by atoms with van der Waals surface area (Å²) in [7, 11) is 0. The predicted molar refractivity (Wildman–Crippen MR) is 122 cm³/mol. The zero-order chi connectivity index (χ0) is 23.5. The maximum absolute atomic E-state index is 12.6. The molecule has 0 atom stereocenters. The molecule has 2 rings (SSSR count). The van der Waals surface area contributed by atoms with Gasteiger partial charge in [-0.05, 0) is 67.8 Å². The number of halogens is 1. The van der Waals surface area contributed by atoms with E-state index in [1.807, 2.05) is 38.1 Å². The lowest BCUT2D eigenvalue weighted by Gasteiger charge is -2.22. The number of hydrogen-bond donors (Lipinski definition) is 1. The topological polar surface area (TPSA) is 99.5 Å². The number of hydrogen-bond acceptors (Lipinski definition) is 5. The Kier molecular flexibility index (Phi) is 9.71. The van der Waals surface area contributed by atoms with Crippen molar-refractivity contribution in [2.24, 2.45) is 0 Å². The van der Waals surface area contributed by atoms with E-state index in [1.165, 1.54) is 4.90 Å². The Morgan fingerprint density at radius 1 is 1.09 bits per heavy atom. The van der Waals surface area contributed by atoms with Gasteiger partial charge in [-0.15, -0.1) is 0 Å². The second-order valence-corrected chi connectivity index (χ2v) is 7.76. The van der Waals surface area contributed by atoms with Gasteiger partial charge in [0.05, 0.1) is 12.5 Å². The molecule has 2 amide bonds. The first-order valence-electron chi connectivity index (χ1n) is 10.2. The van der Waals surface area contributed by atoms with Crippen molar-refractivity contribution >= 4 is 35.1 Å². The van der Waals surface area contributed by atoms with Crippen LogP contribution in [0.2, 0.25) is 5.02 Å². The normalized spacial score (nSPS) is 10.2. The summed E-state index contributed by atoms with van der Waals surface area (Å²) < 4.78 is 5.11. The van der Waals surface area contributed by atoms with E-state index in [0.717, 1.165) is 11.1 Å². The first-order chi connectivity index (χ1) is 15.3. The van der Waals surface area contributed by atoms with Crippen LogP contribution in [-0.4, -0.2) is 37.5 Å². The second-order valence-electron chi connectivity index (χ2n) is 7.33. The van der Waals surface area contributed by atoms with Crippen molar-refractivity contribution in [1.29, 1.82) is 5.26 Å². The van der Waals surface area contributed by atoms with Crippen molar-refractivity contribution in [1.82, 2.24) is 5.32 Å². The number of nitriles is 1. The number of amides is 2. The van der Waals surface area contributed by atoms with Crippen molar-refractivity contribution in [2.75, 3.05) is 24.6 Å². The fourth-order valence-corrected chi connectivity index (χ4v) is 3.22. The third-order valence-corrected chi connectivity index (χ3v) is 4.82. The van der Waals surface area contributed by atoms with Crippen LogP contribution in [0, 0.1) is 25.2 Å². The molecule has 0 heterocycles. The molecule has 2 aromatic carbocycles. The fraction of sp³-hybridized carbons (Fsp3) is 0.333. The van der Waals surface area contributed by atoms with E-state index in [0.29, 0.717) is 29.2 Å². The molecule has 0 fully saturated rings. The molecule has 0 aliphatic rings. The van der Waals surface area contributed by atoms with E-state index in [2.05, 4.69) is 5.32 Å². The number of nitrogens with one attached hydrogen (secondary N) is 1. The van der Waals surface area contributed by atoms with Gasteiger partial charge >= 0.3 is 5.97 Å². The zero-order valence-corrected chi connectivity index (χ0v) is 18.9. The van der Waals surface area contributed by atoms with Crippen molar-refractivity contribution in [3.8, 4) is 6.07 Å². The van der Waals surface area contributed by atoms with Crippen LogP contribution in [0.1, 0.15) is 40.7 Å². The van der Waals surface area contributed by atoms with Crippen LogP contribution in [0.25, 0.3) is 0 Å². The highest BCUT2D eigenvalue weighted by atomic mass is 35.5. The number of aryl methyl sites for hydroxylation is 2. The minimum atomic E-state index is -0.528. The van der Waals surface area contributed by atoms with E-state index in [1.54, 1.807) is 24.3 Å². The molecule has 0 bridgehead atoms. The Labute approximate surface area is 192 Å². The molecule has 168 valence electrons. The Hall–Kier alpha value is -3.37. The number of ether oxygens (including phenoxy) is 1. The summed E-state index contributed by atoms with van der Waals surface area (Å²) in [6.07, 6.45) is 0.609. The lowest BCUT2D eigenvalue weighted by Crippen LogP contribution is -2.35. The van der Waals surface area contributed by atoms with Gasteiger partial charge in [0.15, 0.2) is 6.61 Å². The number of esters is 1. The van der Waals surface area contributed by atoms with Crippen molar-refractivity contribution in [3.63, 3.8) is 0 Å². The molecule has 2 aromatic rings. The molecule has 1 N–H and O–H groups in total. The molecule has 0 saturated heterocycles. The lowest BCUT2D eigenvalue weighted by atomic mass is 10.1. The van der Waals surface area contributed by atoms with Gasteiger partial charge in [-0.25, -0.2) is 0 Å². The Balaban J connectivity index is 1.79. The standard InChI is InChI=1S/C24H26ClN3O4/c1-17-13-18(2)15-21(14-17)28(12-4-10-26)22(29)16-32-23(30)5-3-11-27-24(31)19-6-8-20(25)9-7-19/h6-9,13-15H,3-5,11-12,16H2,1-2H3,(H,27,31). The molecule has 0 aliphatic carbocycles. The van der Waals surface area contributed by atoms with E-state index in [4.69, 9.17) is 21.6 Å². The Morgan fingerprint density at radius 2 is 1.75 bits per heavy atom. The molecular weight excluding hydrogens is 430 g/mol. The maximum Gasteiger partial charge on any atom is 0.306 e. The first-order valence-corrected chi connectivity index (χ1v) is 10.6. The maximum atomic E-state index is 12.6. The highest BCUT2D eigenvalue weighted by Gasteiger charge is 2.18. The smallest absolute Gasteiger partial charge is 0.306 e. The minimum absolute atomic E-state index is 0.0654. The summed E-state index contributed by atoms with van der Waals surface area (Å²) in [5, 5.41) is 12.2. The van der Waals surface area contributed by atoms with Crippen LogP contribution in [0.4, 0.5) is 5.69 Å². The molecule has 8 heteroatoms. The van der Waals surface area contributed by atoms with E-state index in [-0.39, 0.29) is 25.3 Å². The van der Waals surface area contributed by atoms with Gasteiger partial charge in [-0.2, -0.15) is 5.26 Å². The lowest BCUT2D eigenvalue weighted by molar-refractivity contribution is -0.147. The van der Waals surface area contributed by atoms with Gasteiger partial charge in [0.1, 0.15) is 0 Å². The third-order valence-electron chi connectivity index (χ3n) is 4.57. The Bertz CT molecular complexity index is 979.